The van der Waals surface area contributed by atoms with E-state index in [4.69, 9.17) is 0 Å². The first kappa shape index (κ1) is 9.90. The van der Waals surface area contributed by atoms with Crippen molar-refractivity contribution < 1.29 is 0 Å². The number of benzene rings is 1. The van der Waals surface area contributed by atoms with Gasteiger partial charge in [0.15, 0.2) is 5.82 Å². The Labute approximate surface area is 89.6 Å². The predicted octanol–water partition coefficient (Wildman–Crippen LogP) is 2.60. The van der Waals surface area contributed by atoms with E-state index >= 15 is 0 Å². The van der Waals surface area contributed by atoms with Gasteiger partial charge in [0.1, 0.15) is 5.82 Å². The highest BCUT2D eigenvalue weighted by atomic mass is 15.2. The second-order valence-electron chi connectivity index (χ2n) is 3.51. The number of nitrogens with zero attached hydrogens (tertiary/aromatic N) is 2. The zero-order valence-corrected chi connectivity index (χ0v) is 9.12. The van der Waals surface area contributed by atoms with Gasteiger partial charge in [-0.05, 0) is 12.0 Å². The van der Waals surface area contributed by atoms with E-state index in [1.54, 1.807) is 0 Å². The first-order valence-corrected chi connectivity index (χ1v) is 5.34. The Morgan fingerprint density at radius 1 is 1.07 bits per heavy atom. The molecule has 0 bridgehead atoms. The second-order valence-corrected chi connectivity index (χ2v) is 3.51. The Hall–Kier alpha value is -1.64. The van der Waals surface area contributed by atoms with E-state index in [9.17, 15) is 0 Å². The van der Waals surface area contributed by atoms with Crippen molar-refractivity contribution in [3.05, 3.63) is 35.7 Å². The molecule has 0 amide bonds. The van der Waals surface area contributed by atoms with Crippen molar-refractivity contribution in [2.45, 2.75) is 26.7 Å². The molecule has 0 aliphatic carbocycles. The van der Waals surface area contributed by atoms with Crippen LogP contribution in [-0.4, -0.2) is 15.2 Å². The van der Waals surface area contributed by atoms with Crippen LogP contribution in [0.15, 0.2) is 24.3 Å². The van der Waals surface area contributed by atoms with Gasteiger partial charge in [-0.1, -0.05) is 38.1 Å². The summed E-state index contributed by atoms with van der Waals surface area (Å²) in [5, 5.41) is 7.10. The predicted molar refractivity (Wildman–Crippen MR) is 60.6 cm³/mol. The van der Waals surface area contributed by atoms with Crippen molar-refractivity contribution in [2.24, 2.45) is 0 Å². The molecule has 0 atom stereocenters. The monoisotopic (exact) mass is 201 g/mol. The lowest BCUT2D eigenvalue weighted by Gasteiger charge is -1.97. The van der Waals surface area contributed by atoms with Crippen LogP contribution in [0.2, 0.25) is 0 Å². The molecule has 0 spiro atoms. The summed E-state index contributed by atoms with van der Waals surface area (Å²) in [5.41, 5.74) is 2.41. The van der Waals surface area contributed by atoms with Crippen LogP contribution in [0, 0.1) is 0 Å². The largest absolute Gasteiger partial charge is 0.263 e. The summed E-state index contributed by atoms with van der Waals surface area (Å²) in [6, 6.07) is 8.39. The topological polar surface area (TPSA) is 41.6 Å². The van der Waals surface area contributed by atoms with Crippen molar-refractivity contribution in [1.82, 2.24) is 15.2 Å². The van der Waals surface area contributed by atoms with E-state index in [1.165, 1.54) is 5.56 Å². The number of hydrogen-bond donors (Lipinski definition) is 1. The number of rotatable bonds is 3. The van der Waals surface area contributed by atoms with E-state index in [1.807, 2.05) is 0 Å². The zero-order valence-electron chi connectivity index (χ0n) is 9.12. The van der Waals surface area contributed by atoms with Crippen molar-refractivity contribution >= 4 is 0 Å². The Morgan fingerprint density at radius 3 is 2.33 bits per heavy atom. The van der Waals surface area contributed by atoms with E-state index in [0.717, 1.165) is 30.1 Å². The number of aromatic nitrogens is 3. The fraction of sp³-hybridized carbons (Fsp3) is 0.333. The molecule has 1 heterocycles. The van der Waals surface area contributed by atoms with Gasteiger partial charge in [0.25, 0.3) is 0 Å². The summed E-state index contributed by atoms with van der Waals surface area (Å²) in [7, 11) is 0. The van der Waals surface area contributed by atoms with Crippen LogP contribution in [0.4, 0.5) is 0 Å². The van der Waals surface area contributed by atoms with Gasteiger partial charge in [-0.3, -0.25) is 5.10 Å². The van der Waals surface area contributed by atoms with Crippen LogP contribution in [0.1, 0.15) is 25.2 Å². The van der Waals surface area contributed by atoms with Crippen LogP contribution in [-0.2, 0) is 12.8 Å². The number of H-pyrrole nitrogens is 1. The lowest BCUT2D eigenvalue weighted by molar-refractivity contribution is 0.946. The van der Waals surface area contributed by atoms with E-state index in [0.29, 0.717) is 0 Å². The summed E-state index contributed by atoms with van der Waals surface area (Å²) in [5.74, 6) is 1.72. The minimum absolute atomic E-state index is 0.787. The average Bonchev–Trinajstić information content (AvgIpc) is 2.78. The molecule has 0 fully saturated rings. The van der Waals surface area contributed by atoms with Gasteiger partial charge in [-0.15, -0.1) is 0 Å². The molecule has 0 aliphatic rings. The highest BCUT2D eigenvalue weighted by molar-refractivity contribution is 5.54. The third-order valence-electron chi connectivity index (χ3n) is 2.49. The third-order valence-corrected chi connectivity index (χ3v) is 2.49. The highest BCUT2D eigenvalue weighted by Crippen LogP contribution is 2.15. The minimum Gasteiger partial charge on any atom is -0.263 e. The van der Waals surface area contributed by atoms with Gasteiger partial charge >= 0.3 is 0 Å². The first-order valence-electron chi connectivity index (χ1n) is 5.34. The molecule has 15 heavy (non-hydrogen) atoms. The van der Waals surface area contributed by atoms with Gasteiger partial charge in [0.05, 0.1) is 0 Å². The smallest absolute Gasteiger partial charge is 0.181 e. The van der Waals surface area contributed by atoms with Crippen molar-refractivity contribution in [3.63, 3.8) is 0 Å². The molecule has 0 aliphatic heterocycles. The molecule has 1 N–H and O–H groups in total. The molecule has 0 saturated carbocycles. The summed E-state index contributed by atoms with van der Waals surface area (Å²) in [6.07, 6.45) is 1.95. The Balaban J connectivity index is 2.28. The first-order chi connectivity index (χ1) is 7.33. The number of nitrogens with one attached hydrogen (secondary N) is 1. The highest BCUT2D eigenvalue weighted by Gasteiger charge is 2.03. The maximum atomic E-state index is 4.39. The van der Waals surface area contributed by atoms with Gasteiger partial charge in [0, 0.05) is 12.0 Å². The number of aryl methyl sites for hydroxylation is 2. The molecule has 0 saturated heterocycles. The summed E-state index contributed by atoms with van der Waals surface area (Å²) in [6.45, 7) is 4.21. The molecule has 1 aromatic heterocycles. The Kier molecular flexibility index (Phi) is 2.81. The van der Waals surface area contributed by atoms with Crippen molar-refractivity contribution in [1.29, 1.82) is 0 Å². The molecular formula is C12H15N3. The van der Waals surface area contributed by atoms with E-state index < -0.39 is 0 Å². The molecular weight excluding hydrogens is 186 g/mol. The lowest BCUT2D eigenvalue weighted by atomic mass is 10.1. The fourth-order valence-corrected chi connectivity index (χ4v) is 1.47. The molecule has 1 aromatic carbocycles. The Bertz CT molecular complexity index is 428. The molecule has 0 unspecified atom stereocenters. The number of hydrogen-bond acceptors (Lipinski definition) is 2. The SMILES string of the molecule is CCc1ccc(-c2n[nH]c(CC)n2)cc1. The second kappa shape index (κ2) is 4.26. The summed E-state index contributed by atoms with van der Waals surface area (Å²) in [4.78, 5) is 4.39. The molecule has 2 rings (SSSR count). The summed E-state index contributed by atoms with van der Waals surface area (Å²) < 4.78 is 0. The average molecular weight is 201 g/mol. The van der Waals surface area contributed by atoms with Gasteiger partial charge in [-0.2, -0.15) is 5.10 Å². The van der Waals surface area contributed by atoms with Crippen LogP contribution in [0.25, 0.3) is 11.4 Å². The molecule has 0 radical (unpaired) electrons. The minimum atomic E-state index is 0.787. The van der Waals surface area contributed by atoms with Crippen LogP contribution in [0.5, 0.6) is 0 Å². The standard InChI is InChI=1S/C12H15N3/c1-3-9-5-7-10(8-6-9)12-13-11(4-2)14-15-12/h5-8H,3-4H2,1-2H3,(H,13,14,15). The van der Waals surface area contributed by atoms with Crippen LogP contribution < -0.4 is 0 Å². The molecule has 78 valence electrons. The molecule has 3 heteroatoms. The van der Waals surface area contributed by atoms with Gasteiger partial charge in [0.2, 0.25) is 0 Å². The lowest BCUT2D eigenvalue weighted by Crippen LogP contribution is -1.84. The van der Waals surface area contributed by atoms with Crippen LogP contribution >= 0.6 is 0 Å². The Morgan fingerprint density at radius 2 is 1.80 bits per heavy atom. The van der Waals surface area contributed by atoms with Crippen LogP contribution in [0.3, 0.4) is 0 Å². The molecule has 2 aromatic rings. The maximum absolute atomic E-state index is 4.39. The van der Waals surface area contributed by atoms with Gasteiger partial charge < -0.3 is 0 Å². The van der Waals surface area contributed by atoms with Crippen molar-refractivity contribution in [2.75, 3.05) is 0 Å². The summed E-state index contributed by atoms with van der Waals surface area (Å²) >= 11 is 0. The van der Waals surface area contributed by atoms with E-state index in [2.05, 4.69) is 53.3 Å². The molecule has 3 nitrogen and oxygen atoms in total. The number of aromatic amines is 1. The van der Waals surface area contributed by atoms with Gasteiger partial charge in [-0.25, -0.2) is 4.98 Å². The maximum Gasteiger partial charge on any atom is 0.181 e. The normalized spacial score (nSPS) is 10.5. The zero-order chi connectivity index (χ0) is 10.7. The van der Waals surface area contributed by atoms with E-state index in [-0.39, 0.29) is 0 Å². The quantitative estimate of drug-likeness (QED) is 0.829. The third kappa shape index (κ3) is 2.06. The van der Waals surface area contributed by atoms with Crippen molar-refractivity contribution in [3.8, 4) is 11.4 Å². The fourth-order valence-electron chi connectivity index (χ4n) is 1.47.